The Labute approximate surface area is 168 Å². The molecule has 1 saturated heterocycles. The number of methoxy groups -OCH3 is 1. The van der Waals surface area contributed by atoms with Gasteiger partial charge in [-0.05, 0) is 50.2 Å². The van der Waals surface area contributed by atoms with Crippen molar-refractivity contribution in [3.8, 4) is 5.88 Å². The molecule has 0 bridgehead atoms. The fourth-order valence-corrected chi connectivity index (χ4v) is 4.56. The Morgan fingerprint density at radius 1 is 1.32 bits per heavy atom. The van der Waals surface area contributed by atoms with Gasteiger partial charge in [0.05, 0.1) is 31.3 Å². The molecule has 2 aliphatic carbocycles. The van der Waals surface area contributed by atoms with Crippen LogP contribution in [0.5, 0.6) is 5.88 Å². The van der Waals surface area contributed by atoms with E-state index in [-0.39, 0.29) is 24.0 Å². The first-order valence-electron chi connectivity index (χ1n) is 9.77. The number of aliphatic hydroxyl groups is 1. The van der Waals surface area contributed by atoms with E-state index in [1.54, 1.807) is 23.9 Å². The lowest BCUT2D eigenvalue weighted by Crippen LogP contribution is -2.59. The zero-order chi connectivity index (χ0) is 19.8. The number of aromatic nitrogens is 1. The van der Waals surface area contributed by atoms with Gasteiger partial charge in [0.25, 0.3) is 5.91 Å². The first-order chi connectivity index (χ1) is 13.4. The Morgan fingerprint density at radius 3 is 2.61 bits per heavy atom. The zero-order valence-electron chi connectivity index (χ0n) is 16.0. The normalized spacial score (nSPS) is 21.8. The monoisotopic (exact) mass is 406 g/mol. The first-order valence-corrected chi connectivity index (χ1v) is 10.9. The third-order valence-corrected chi connectivity index (χ3v) is 7.29. The van der Waals surface area contributed by atoms with Crippen LogP contribution in [0.3, 0.4) is 0 Å². The minimum Gasteiger partial charge on any atom is -0.477 e. The molecule has 8 heteroatoms. The van der Waals surface area contributed by atoms with Gasteiger partial charge < -0.3 is 19.9 Å². The molecule has 2 heterocycles. The molecule has 0 atom stereocenters. The van der Waals surface area contributed by atoms with Crippen molar-refractivity contribution in [2.45, 2.75) is 49.7 Å². The van der Waals surface area contributed by atoms with Crippen molar-refractivity contribution in [2.75, 3.05) is 25.2 Å². The van der Waals surface area contributed by atoms with E-state index in [4.69, 9.17) is 9.47 Å². The second-order valence-corrected chi connectivity index (χ2v) is 9.15. The number of pyridine rings is 1. The van der Waals surface area contributed by atoms with Gasteiger partial charge in [-0.25, -0.2) is 4.98 Å². The number of carbonyl (C=O) groups excluding carboxylic acids is 2. The van der Waals surface area contributed by atoms with E-state index < -0.39 is 11.1 Å². The van der Waals surface area contributed by atoms with E-state index in [1.165, 1.54) is 7.11 Å². The highest BCUT2D eigenvalue weighted by Gasteiger charge is 2.43. The predicted octanol–water partition coefficient (Wildman–Crippen LogP) is 2.02. The zero-order valence-corrected chi connectivity index (χ0v) is 16.8. The summed E-state index contributed by atoms with van der Waals surface area (Å²) in [7, 11) is 1.35. The predicted molar refractivity (Wildman–Crippen MR) is 104 cm³/mol. The van der Waals surface area contributed by atoms with E-state index in [2.05, 4.69) is 10.3 Å². The molecule has 0 aromatic carbocycles. The minimum atomic E-state index is -0.905. The van der Waals surface area contributed by atoms with Gasteiger partial charge in [-0.15, -0.1) is 0 Å². The number of thioether (sulfide) groups is 1. The quantitative estimate of drug-likeness (QED) is 0.638. The van der Waals surface area contributed by atoms with Crippen LogP contribution in [-0.4, -0.2) is 52.7 Å². The summed E-state index contributed by atoms with van der Waals surface area (Å²) in [5.41, 5.74) is -0.591. The van der Waals surface area contributed by atoms with Crippen molar-refractivity contribution in [1.29, 1.82) is 0 Å². The highest BCUT2D eigenvalue weighted by Crippen LogP contribution is 2.44. The molecule has 3 aliphatic rings. The van der Waals surface area contributed by atoms with Gasteiger partial charge in [0.15, 0.2) is 0 Å². The van der Waals surface area contributed by atoms with Crippen molar-refractivity contribution >= 4 is 23.6 Å². The minimum absolute atomic E-state index is 0.144. The molecular weight excluding hydrogens is 380 g/mol. The van der Waals surface area contributed by atoms with Crippen LogP contribution in [0.25, 0.3) is 0 Å². The lowest BCUT2D eigenvalue weighted by atomic mass is 9.75. The number of amides is 1. The molecule has 7 nitrogen and oxygen atoms in total. The molecule has 1 amide bonds. The molecule has 0 radical (unpaired) electrons. The van der Waals surface area contributed by atoms with Crippen molar-refractivity contribution in [3.05, 3.63) is 23.4 Å². The van der Waals surface area contributed by atoms with Gasteiger partial charge >= 0.3 is 5.97 Å². The molecule has 0 spiro atoms. The maximum atomic E-state index is 12.8. The SMILES string of the molecule is COC(=O)CC1(NC(=O)c2ccc(C3(O)CCC3)c(OCC3CC3)n2)CSC1. The van der Waals surface area contributed by atoms with Crippen molar-refractivity contribution in [2.24, 2.45) is 5.92 Å². The highest BCUT2D eigenvalue weighted by atomic mass is 32.2. The standard InChI is InChI=1S/C20H26N2O5S/c1-26-16(23)9-19(11-28-12-19)22-17(24)15-6-5-14(20(25)7-2-8-20)18(21-15)27-10-13-3-4-13/h5-6,13,25H,2-4,7-12H2,1H3,(H,22,24). The molecular formula is C20H26N2O5S. The van der Waals surface area contributed by atoms with Gasteiger partial charge in [-0.1, -0.05) is 0 Å². The molecule has 4 rings (SSSR count). The summed E-state index contributed by atoms with van der Waals surface area (Å²) in [6.45, 7) is 0.560. The van der Waals surface area contributed by atoms with E-state index in [0.29, 0.717) is 48.3 Å². The number of rotatable bonds is 8. The molecule has 1 aliphatic heterocycles. The third-order valence-electron chi connectivity index (χ3n) is 5.77. The van der Waals surface area contributed by atoms with Crippen LogP contribution in [0.2, 0.25) is 0 Å². The Hall–Kier alpha value is -1.80. The summed E-state index contributed by atoms with van der Waals surface area (Å²) >= 11 is 1.67. The van der Waals surface area contributed by atoms with Crippen LogP contribution < -0.4 is 10.1 Å². The van der Waals surface area contributed by atoms with Crippen LogP contribution in [0.4, 0.5) is 0 Å². The second kappa shape index (κ2) is 7.55. The van der Waals surface area contributed by atoms with Crippen molar-refractivity contribution in [1.82, 2.24) is 10.3 Å². The number of hydrogen-bond acceptors (Lipinski definition) is 7. The van der Waals surface area contributed by atoms with Crippen LogP contribution in [0, 0.1) is 5.92 Å². The van der Waals surface area contributed by atoms with E-state index in [9.17, 15) is 14.7 Å². The molecule has 28 heavy (non-hydrogen) atoms. The fraction of sp³-hybridized carbons (Fsp3) is 0.650. The van der Waals surface area contributed by atoms with Crippen LogP contribution >= 0.6 is 11.8 Å². The molecule has 2 saturated carbocycles. The average Bonchev–Trinajstić information content (AvgIpc) is 3.46. The van der Waals surface area contributed by atoms with Crippen LogP contribution in [0.15, 0.2) is 12.1 Å². The summed E-state index contributed by atoms with van der Waals surface area (Å²) in [4.78, 5) is 29.0. The highest BCUT2D eigenvalue weighted by molar-refractivity contribution is 8.00. The van der Waals surface area contributed by atoms with Crippen LogP contribution in [0.1, 0.15) is 54.6 Å². The molecule has 2 N–H and O–H groups in total. The van der Waals surface area contributed by atoms with E-state index >= 15 is 0 Å². The number of nitrogens with one attached hydrogen (secondary N) is 1. The number of carbonyl (C=O) groups is 2. The Bertz CT molecular complexity index is 772. The Morgan fingerprint density at radius 2 is 2.07 bits per heavy atom. The lowest BCUT2D eigenvalue weighted by Gasteiger charge is -2.41. The summed E-state index contributed by atoms with van der Waals surface area (Å²) in [6, 6.07) is 3.38. The van der Waals surface area contributed by atoms with Gasteiger partial charge in [0, 0.05) is 17.1 Å². The van der Waals surface area contributed by atoms with Gasteiger partial charge in [0.1, 0.15) is 5.69 Å². The number of hydrogen-bond donors (Lipinski definition) is 2. The number of esters is 1. The Balaban J connectivity index is 1.52. The number of ether oxygens (including phenoxy) is 2. The van der Waals surface area contributed by atoms with E-state index in [1.807, 2.05) is 0 Å². The maximum Gasteiger partial charge on any atom is 0.307 e. The smallest absolute Gasteiger partial charge is 0.307 e. The lowest BCUT2D eigenvalue weighted by molar-refractivity contribution is -0.141. The largest absolute Gasteiger partial charge is 0.477 e. The van der Waals surface area contributed by atoms with Crippen molar-refractivity contribution < 1.29 is 24.2 Å². The van der Waals surface area contributed by atoms with Crippen LogP contribution in [-0.2, 0) is 15.1 Å². The fourth-order valence-electron chi connectivity index (χ4n) is 3.51. The second-order valence-electron chi connectivity index (χ2n) is 8.17. The van der Waals surface area contributed by atoms with Gasteiger partial charge in [0.2, 0.25) is 5.88 Å². The Kier molecular flexibility index (Phi) is 5.26. The summed E-state index contributed by atoms with van der Waals surface area (Å²) < 4.78 is 10.7. The third kappa shape index (κ3) is 3.98. The van der Waals surface area contributed by atoms with Gasteiger partial charge in [-0.3, -0.25) is 9.59 Å². The molecule has 0 unspecified atom stereocenters. The topological polar surface area (TPSA) is 97.8 Å². The average molecular weight is 407 g/mol. The van der Waals surface area contributed by atoms with Crippen molar-refractivity contribution in [3.63, 3.8) is 0 Å². The number of nitrogens with zero attached hydrogens (tertiary/aromatic N) is 1. The molecule has 1 aromatic rings. The molecule has 1 aromatic heterocycles. The van der Waals surface area contributed by atoms with Gasteiger partial charge in [-0.2, -0.15) is 11.8 Å². The summed E-state index contributed by atoms with van der Waals surface area (Å²) in [6.07, 6.45) is 4.76. The molecule has 152 valence electrons. The first kappa shape index (κ1) is 19.5. The maximum absolute atomic E-state index is 12.8. The molecule has 3 fully saturated rings. The summed E-state index contributed by atoms with van der Waals surface area (Å²) in [5.74, 6) is 1.54. The van der Waals surface area contributed by atoms with E-state index in [0.717, 1.165) is 19.3 Å². The summed E-state index contributed by atoms with van der Waals surface area (Å²) in [5, 5.41) is 13.7.